The predicted molar refractivity (Wildman–Crippen MR) is 105 cm³/mol. The second-order valence-electron chi connectivity index (χ2n) is 7.33. The van der Waals surface area contributed by atoms with Crippen molar-refractivity contribution < 1.29 is 24.2 Å². The lowest BCUT2D eigenvalue weighted by molar-refractivity contribution is -0.146. The molecule has 1 aromatic rings. The monoisotopic (exact) mass is 390 g/mol. The highest BCUT2D eigenvalue weighted by molar-refractivity contribution is 5.85. The Bertz CT molecular complexity index is 681. The Morgan fingerprint density at radius 2 is 1.82 bits per heavy atom. The third-order valence-electron chi connectivity index (χ3n) is 5.50. The van der Waals surface area contributed by atoms with E-state index in [0.717, 1.165) is 17.7 Å². The number of hydrogen-bond donors (Lipinski definition) is 1. The smallest absolute Gasteiger partial charge is 0.306 e. The Kier molecular flexibility index (Phi) is 7.84. The molecule has 0 bridgehead atoms. The standard InChI is InChI=1S/C21H30N2O5/c1-4-15(16-5-7-18(28-3)8-6-16)13-19(24)22(2)14-20(25)23-11-9-17(10-12-23)21(26)27/h5-8,15,17H,4,9-14H2,1-3H3,(H,26,27). The van der Waals surface area contributed by atoms with Crippen molar-refractivity contribution in [2.45, 2.75) is 38.5 Å². The first-order chi connectivity index (χ1) is 13.3. The zero-order chi connectivity index (χ0) is 20.7. The summed E-state index contributed by atoms with van der Waals surface area (Å²) < 4.78 is 5.17. The molecule has 0 radical (unpaired) electrons. The largest absolute Gasteiger partial charge is 0.497 e. The van der Waals surface area contributed by atoms with Crippen LogP contribution in [0.3, 0.4) is 0 Å². The van der Waals surface area contributed by atoms with Crippen molar-refractivity contribution >= 4 is 17.8 Å². The lowest BCUT2D eigenvalue weighted by Crippen LogP contribution is -2.45. The first-order valence-electron chi connectivity index (χ1n) is 9.74. The molecule has 0 aliphatic carbocycles. The second kappa shape index (κ2) is 10.1. The number of carboxylic acids is 1. The van der Waals surface area contributed by atoms with Gasteiger partial charge in [-0.1, -0.05) is 19.1 Å². The number of benzene rings is 1. The molecule has 1 unspecified atom stereocenters. The van der Waals surface area contributed by atoms with Crippen molar-refractivity contribution in [3.8, 4) is 5.75 Å². The maximum absolute atomic E-state index is 12.6. The number of carboxylic acid groups (broad SMARTS) is 1. The SMILES string of the molecule is CCC(CC(=O)N(C)CC(=O)N1CCC(C(=O)O)CC1)c1ccc(OC)cc1. The number of likely N-dealkylation sites (tertiary alicyclic amines) is 1. The van der Waals surface area contributed by atoms with Crippen molar-refractivity contribution in [1.82, 2.24) is 9.80 Å². The molecule has 1 fully saturated rings. The topological polar surface area (TPSA) is 87.2 Å². The highest BCUT2D eigenvalue weighted by atomic mass is 16.5. The maximum atomic E-state index is 12.6. The van der Waals surface area contributed by atoms with Gasteiger partial charge in [0.15, 0.2) is 0 Å². The van der Waals surface area contributed by atoms with Gasteiger partial charge in [-0.3, -0.25) is 14.4 Å². The number of nitrogens with zero attached hydrogens (tertiary/aromatic N) is 2. The van der Waals surface area contributed by atoms with E-state index in [9.17, 15) is 14.4 Å². The minimum atomic E-state index is -0.802. The van der Waals surface area contributed by atoms with E-state index in [1.807, 2.05) is 31.2 Å². The number of rotatable bonds is 8. The van der Waals surface area contributed by atoms with E-state index >= 15 is 0 Å². The van der Waals surface area contributed by atoms with Crippen LogP contribution in [0.25, 0.3) is 0 Å². The summed E-state index contributed by atoms with van der Waals surface area (Å²) in [6.45, 7) is 2.93. The van der Waals surface area contributed by atoms with Crippen LogP contribution in [0.1, 0.15) is 44.1 Å². The van der Waals surface area contributed by atoms with Gasteiger partial charge in [-0.05, 0) is 42.9 Å². The van der Waals surface area contributed by atoms with Crippen LogP contribution in [0.4, 0.5) is 0 Å². The third kappa shape index (κ3) is 5.71. The Morgan fingerprint density at radius 1 is 1.21 bits per heavy atom. The number of aliphatic carboxylic acids is 1. The van der Waals surface area contributed by atoms with E-state index in [1.165, 1.54) is 4.90 Å². The summed E-state index contributed by atoms with van der Waals surface area (Å²) in [7, 11) is 3.26. The van der Waals surface area contributed by atoms with Gasteiger partial charge in [0.2, 0.25) is 11.8 Å². The second-order valence-corrected chi connectivity index (χ2v) is 7.33. The molecule has 0 aromatic heterocycles. The number of methoxy groups -OCH3 is 1. The van der Waals surface area contributed by atoms with Crippen molar-refractivity contribution in [2.24, 2.45) is 5.92 Å². The molecule has 28 heavy (non-hydrogen) atoms. The molecule has 1 atom stereocenters. The van der Waals surface area contributed by atoms with E-state index in [0.29, 0.717) is 32.4 Å². The van der Waals surface area contributed by atoms with Crippen molar-refractivity contribution in [2.75, 3.05) is 33.8 Å². The van der Waals surface area contributed by atoms with Gasteiger partial charge in [0.1, 0.15) is 5.75 Å². The third-order valence-corrected chi connectivity index (χ3v) is 5.50. The maximum Gasteiger partial charge on any atom is 0.306 e. The molecule has 1 heterocycles. The highest BCUT2D eigenvalue weighted by Crippen LogP contribution is 2.26. The van der Waals surface area contributed by atoms with Crippen molar-refractivity contribution in [1.29, 1.82) is 0 Å². The van der Waals surface area contributed by atoms with Crippen molar-refractivity contribution in [3.63, 3.8) is 0 Å². The normalized spacial score (nSPS) is 15.8. The molecule has 1 aliphatic rings. The average molecular weight is 390 g/mol. The predicted octanol–water partition coefficient (Wildman–Crippen LogP) is 2.36. The summed E-state index contributed by atoms with van der Waals surface area (Å²) in [5.41, 5.74) is 1.08. The molecular weight excluding hydrogens is 360 g/mol. The lowest BCUT2D eigenvalue weighted by Gasteiger charge is -2.31. The van der Waals surface area contributed by atoms with Crippen LogP contribution < -0.4 is 4.74 Å². The summed E-state index contributed by atoms with van der Waals surface area (Å²) >= 11 is 0. The van der Waals surface area contributed by atoms with E-state index in [2.05, 4.69) is 0 Å². The fourth-order valence-electron chi connectivity index (χ4n) is 3.51. The van der Waals surface area contributed by atoms with Crippen LogP contribution in [0, 0.1) is 5.92 Å². The number of carbonyl (C=O) groups excluding carboxylic acids is 2. The number of amides is 2. The lowest BCUT2D eigenvalue weighted by atomic mass is 9.92. The zero-order valence-corrected chi connectivity index (χ0v) is 16.9. The highest BCUT2D eigenvalue weighted by Gasteiger charge is 2.28. The molecule has 2 rings (SSSR count). The zero-order valence-electron chi connectivity index (χ0n) is 16.9. The number of likely N-dealkylation sites (N-methyl/N-ethyl adjacent to an activating group) is 1. The number of piperidine rings is 1. The van der Waals surface area contributed by atoms with Gasteiger partial charge in [-0.25, -0.2) is 0 Å². The van der Waals surface area contributed by atoms with Crippen LogP contribution in [0.15, 0.2) is 24.3 Å². The molecule has 0 saturated carbocycles. The molecule has 1 aromatic carbocycles. The van der Waals surface area contributed by atoms with Crippen LogP contribution in [0.5, 0.6) is 5.75 Å². The fraction of sp³-hybridized carbons (Fsp3) is 0.571. The molecule has 0 spiro atoms. The number of ether oxygens (including phenoxy) is 1. The van der Waals surface area contributed by atoms with Crippen molar-refractivity contribution in [3.05, 3.63) is 29.8 Å². The van der Waals surface area contributed by atoms with Crippen LogP contribution in [-0.2, 0) is 14.4 Å². The Morgan fingerprint density at radius 3 is 2.32 bits per heavy atom. The molecule has 1 aliphatic heterocycles. The molecule has 1 saturated heterocycles. The van der Waals surface area contributed by atoms with E-state index in [4.69, 9.17) is 9.84 Å². The van der Waals surface area contributed by atoms with E-state index in [-0.39, 0.29) is 30.2 Å². The molecule has 2 amide bonds. The summed E-state index contributed by atoms with van der Waals surface area (Å²) in [6, 6.07) is 7.71. The molecule has 7 heteroatoms. The van der Waals surface area contributed by atoms with Gasteiger partial charge in [0, 0.05) is 26.6 Å². The van der Waals surface area contributed by atoms with Gasteiger partial charge in [-0.15, -0.1) is 0 Å². The Labute approximate surface area is 166 Å². The summed E-state index contributed by atoms with van der Waals surface area (Å²) in [6.07, 6.45) is 2.10. The minimum Gasteiger partial charge on any atom is -0.497 e. The van der Waals surface area contributed by atoms with Gasteiger partial charge in [0.25, 0.3) is 0 Å². The molecule has 7 nitrogen and oxygen atoms in total. The minimum absolute atomic E-state index is 0.0234. The van der Waals surface area contributed by atoms with Gasteiger partial charge >= 0.3 is 5.97 Å². The number of hydrogen-bond acceptors (Lipinski definition) is 4. The number of carbonyl (C=O) groups is 3. The molecule has 1 N–H and O–H groups in total. The van der Waals surface area contributed by atoms with Gasteiger partial charge in [0.05, 0.1) is 19.6 Å². The van der Waals surface area contributed by atoms with Crippen LogP contribution in [0.2, 0.25) is 0 Å². The summed E-state index contributed by atoms with van der Waals surface area (Å²) in [4.78, 5) is 39.2. The van der Waals surface area contributed by atoms with Gasteiger partial charge < -0.3 is 19.6 Å². The van der Waals surface area contributed by atoms with Crippen LogP contribution in [-0.4, -0.2) is 66.5 Å². The Balaban J connectivity index is 1.87. The van der Waals surface area contributed by atoms with Gasteiger partial charge in [-0.2, -0.15) is 0 Å². The van der Waals surface area contributed by atoms with Crippen LogP contribution >= 0.6 is 0 Å². The fourth-order valence-corrected chi connectivity index (χ4v) is 3.51. The van der Waals surface area contributed by atoms with E-state index in [1.54, 1.807) is 19.1 Å². The Hall–Kier alpha value is -2.57. The summed E-state index contributed by atoms with van der Waals surface area (Å²) in [5, 5.41) is 9.05. The molecule has 154 valence electrons. The molecular formula is C21H30N2O5. The average Bonchev–Trinajstić information content (AvgIpc) is 2.71. The van der Waals surface area contributed by atoms with E-state index < -0.39 is 5.97 Å². The quantitative estimate of drug-likeness (QED) is 0.736. The first kappa shape index (κ1) is 21.7. The first-order valence-corrected chi connectivity index (χ1v) is 9.74. The summed E-state index contributed by atoms with van der Waals surface area (Å²) in [5.74, 6) is -0.517.